The summed E-state index contributed by atoms with van der Waals surface area (Å²) in [6, 6.07) is 1.93. The van der Waals surface area contributed by atoms with Gasteiger partial charge in [0.05, 0.1) is 5.69 Å². The van der Waals surface area contributed by atoms with Crippen molar-refractivity contribution in [1.29, 1.82) is 0 Å². The van der Waals surface area contributed by atoms with Gasteiger partial charge in [-0.25, -0.2) is 10.8 Å². The predicted molar refractivity (Wildman–Crippen MR) is 72.4 cm³/mol. The van der Waals surface area contributed by atoms with Crippen molar-refractivity contribution in [1.82, 2.24) is 24.5 Å². The second kappa shape index (κ2) is 5.00. The Labute approximate surface area is 112 Å². The summed E-state index contributed by atoms with van der Waals surface area (Å²) in [5.41, 5.74) is 3.33. The average Bonchev–Trinajstić information content (AvgIpc) is 3.11. The Morgan fingerprint density at radius 3 is 2.79 bits per heavy atom. The van der Waals surface area contributed by atoms with Crippen LogP contribution in [0.5, 0.6) is 0 Å². The van der Waals surface area contributed by atoms with E-state index in [2.05, 4.69) is 30.7 Å². The molecule has 8 nitrogen and oxygen atoms in total. The summed E-state index contributed by atoms with van der Waals surface area (Å²) in [6.07, 6.45) is 4.99. The minimum atomic E-state index is 0.274. The third-order valence-corrected chi connectivity index (χ3v) is 2.95. The molecule has 0 aromatic carbocycles. The molecule has 0 saturated carbocycles. The lowest BCUT2D eigenvalue weighted by molar-refractivity contribution is 0.898. The van der Waals surface area contributed by atoms with Gasteiger partial charge >= 0.3 is 0 Å². The zero-order valence-electron chi connectivity index (χ0n) is 9.69. The second-order valence-corrected chi connectivity index (χ2v) is 4.31. The maximum absolute atomic E-state index is 5.36. The highest BCUT2D eigenvalue weighted by Crippen LogP contribution is 2.17. The number of hydrogen-bond acceptors (Lipinski definition) is 8. The average molecular weight is 274 g/mol. The number of nitrogens with two attached hydrogens (primary N) is 1. The lowest BCUT2D eigenvalue weighted by Crippen LogP contribution is -2.14. The molecular weight excluding hydrogens is 264 g/mol. The molecule has 0 aliphatic heterocycles. The summed E-state index contributed by atoms with van der Waals surface area (Å²) in [7, 11) is 0. The normalized spacial score (nSPS) is 10.4. The number of imidazole rings is 1. The largest absolute Gasteiger partial charge is 0.323 e. The van der Waals surface area contributed by atoms with Gasteiger partial charge in [-0.05, 0) is 11.4 Å². The van der Waals surface area contributed by atoms with Crippen molar-refractivity contribution >= 4 is 28.9 Å². The Balaban J connectivity index is 1.98. The van der Waals surface area contributed by atoms with Crippen molar-refractivity contribution in [2.24, 2.45) is 5.84 Å². The third-order valence-electron chi connectivity index (χ3n) is 2.27. The van der Waals surface area contributed by atoms with E-state index in [0.717, 1.165) is 5.69 Å². The van der Waals surface area contributed by atoms with Gasteiger partial charge in [-0.3, -0.25) is 9.99 Å². The minimum Gasteiger partial charge on any atom is -0.323 e. The quantitative estimate of drug-likeness (QED) is 0.484. The molecule has 0 fully saturated rings. The van der Waals surface area contributed by atoms with E-state index in [-0.39, 0.29) is 5.95 Å². The number of nitrogens with one attached hydrogen (secondary N) is 2. The van der Waals surface area contributed by atoms with Crippen LogP contribution >= 0.6 is 11.3 Å². The number of hydrazine groups is 1. The van der Waals surface area contributed by atoms with Crippen LogP contribution in [0.4, 0.5) is 17.6 Å². The Morgan fingerprint density at radius 1 is 1.21 bits per heavy atom. The van der Waals surface area contributed by atoms with Gasteiger partial charge in [0.25, 0.3) is 0 Å². The van der Waals surface area contributed by atoms with Crippen LogP contribution in [0.3, 0.4) is 0 Å². The van der Waals surface area contributed by atoms with Gasteiger partial charge in [-0.2, -0.15) is 26.3 Å². The third kappa shape index (κ3) is 2.51. The summed E-state index contributed by atoms with van der Waals surface area (Å²) in [5.74, 6) is 6.47. The lowest BCUT2D eigenvalue weighted by Gasteiger charge is -2.07. The van der Waals surface area contributed by atoms with E-state index in [4.69, 9.17) is 5.84 Å². The Hall–Kier alpha value is -2.52. The van der Waals surface area contributed by atoms with Gasteiger partial charge in [0.2, 0.25) is 17.8 Å². The molecule has 0 atom stereocenters. The summed E-state index contributed by atoms with van der Waals surface area (Å²) in [4.78, 5) is 16.5. The lowest BCUT2D eigenvalue weighted by atomic mass is 10.5. The smallest absolute Gasteiger partial charge is 0.243 e. The Kier molecular flexibility index (Phi) is 3.04. The second-order valence-electron chi connectivity index (χ2n) is 3.53. The van der Waals surface area contributed by atoms with Gasteiger partial charge in [0, 0.05) is 17.8 Å². The topological polar surface area (TPSA) is 107 Å². The van der Waals surface area contributed by atoms with Crippen LogP contribution in [0, 0.1) is 0 Å². The SMILES string of the molecule is NNc1nc(Nc2ccsc2)nc(-n2ccnc2)n1. The molecule has 0 aliphatic carbocycles. The number of thiophene rings is 1. The summed E-state index contributed by atoms with van der Waals surface area (Å²) in [5, 5.41) is 7.00. The van der Waals surface area contributed by atoms with Crippen molar-refractivity contribution in [2.75, 3.05) is 10.7 Å². The van der Waals surface area contributed by atoms with Crippen molar-refractivity contribution < 1.29 is 0 Å². The van der Waals surface area contributed by atoms with Crippen LogP contribution in [-0.2, 0) is 0 Å². The molecule has 0 aliphatic rings. The fourth-order valence-corrected chi connectivity index (χ4v) is 2.03. The van der Waals surface area contributed by atoms with Crippen LogP contribution in [-0.4, -0.2) is 24.5 Å². The number of anilines is 3. The van der Waals surface area contributed by atoms with Crippen LogP contribution < -0.4 is 16.6 Å². The van der Waals surface area contributed by atoms with E-state index in [1.54, 1.807) is 34.6 Å². The first-order valence-electron chi connectivity index (χ1n) is 5.35. The first kappa shape index (κ1) is 11.6. The first-order chi connectivity index (χ1) is 9.35. The maximum Gasteiger partial charge on any atom is 0.243 e. The molecular formula is C10H10N8S. The van der Waals surface area contributed by atoms with E-state index < -0.39 is 0 Å². The zero-order valence-corrected chi connectivity index (χ0v) is 10.5. The Bertz CT molecular complexity index is 648. The molecule has 0 bridgehead atoms. The fraction of sp³-hybridized carbons (Fsp3) is 0. The fourth-order valence-electron chi connectivity index (χ4n) is 1.44. The van der Waals surface area contributed by atoms with Crippen LogP contribution in [0.25, 0.3) is 5.95 Å². The van der Waals surface area contributed by atoms with Crippen LogP contribution in [0.2, 0.25) is 0 Å². The van der Waals surface area contributed by atoms with E-state index >= 15 is 0 Å². The van der Waals surface area contributed by atoms with E-state index in [9.17, 15) is 0 Å². The van der Waals surface area contributed by atoms with Gasteiger partial charge < -0.3 is 5.32 Å². The molecule has 0 unspecified atom stereocenters. The molecule has 3 aromatic rings. The molecule has 0 amide bonds. The van der Waals surface area contributed by atoms with Gasteiger partial charge in [0.15, 0.2) is 0 Å². The van der Waals surface area contributed by atoms with E-state index in [1.165, 1.54) is 0 Å². The van der Waals surface area contributed by atoms with Gasteiger partial charge in [-0.1, -0.05) is 0 Å². The number of nitrogen functional groups attached to an aromatic ring is 1. The van der Waals surface area contributed by atoms with Crippen molar-refractivity contribution in [3.63, 3.8) is 0 Å². The van der Waals surface area contributed by atoms with Crippen LogP contribution in [0.1, 0.15) is 0 Å². The van der Waals surface area contributed by atoms with E-state index in [1.807, 2.05) is 16.8 Å². The molecule has 3 rings (SSSR count). The van der Waals surface area contributed by atoms with Gasteiger partial charge in [0.1, 0.15) is 6.33 Å². The maximum atomic E-state index is 5.36. The summed E-state index contributed by atoms with van der Waals surface area (Å²) < 4.78 is 1.67. The molecule has 3 heterocycles. The van der Waals surface area contributed by atoms with Crippen molar-refractivity contribution in [3.8, 4) is 5.95 Å². The van der Waals surface area contributed by atoms with Crippen LogP contribution in [0.15, 0.2) is 35.5 Å². The molecule has 19 heavy (non-hydrogen) atoms. The van der Waals surface area contributed by atoms with Crippen molar-refractivity contribution in [3.05, 3.63) is 35.5 Å². The van der Waals surface area contributed by atoms with Gasteiger partial charge in [-0.15, -0.1) is 0 Å². The number of rotatable bonds is 4. The molecule has 9 heteroatoms. The number of hydrogen-bond donors (Lipinski definition) is 3. The van der Waals surface area contributed by atoms with E-state index in [0.29, 0.717) is 11.9 Å². The highest BCUT2D eigenvalue weighted by molar-refractivity contribution is 7.08. The zero-order chi connectivity index (χ0) is 13.1. The highest BCUT2D eigenvalue weighted by Gasteiger charge is 2.07. The predicted octanol–water partition coefficient (Wildman–Crippen LogP) is 1.15. The molecule has 0 radical (unpaired) electrons. The molecule has 96 valence electrons. The Morgan fingerprint density at radius 2 is 2.11 bits per heavy atom. The molecule has 4 N–H and O–H groups in total. The standard InChI is InChI=1S/C10H10N8S/c11-17-9-14-8(13-7-1-4-19-5-7)15-10(16-9)18-3-2-12-6-18/h1-6H,11H2,(H2,13,14,15,16,17). The molecule has 3 aromatic heterocycles. The number of aromatic nitrogens is 5. The summed E-state index contributed by atoms with van der Waals surface area (Å²) >= 11 is 1.58. The molecule has 0 spiro atoms. The monoisotopic (exact) mass is 274 g/mol. The minimum absolute atomic E-state index is 0.274. The molecule has 0 saturated heterocycles. The highest BCUT2D eigenvalue weighted by atomic mass is 32.1. The number of nitrogens with zero attached hydrogens (tertiary/aromatic N) is 5. The first-order valence-corrected chi connectivity index (χ1v) is 6.29. The summed E-state index contributed by atoms with van der Waals surface area (Å²) in [6.45, 7) is 0. The van der Waals surface area contributed by atoms with Crippen molar-refractivity contribution in [2.45, 2.75) is 0 Å².